The predicted molar refractivity (Wildman–Crippen MR) is 249 cm³/mol. The number of nitrogen functional groups attached to an aromatic ring is 2. The standard InChI is InChI=1S/C47H64N10O8S/c1-24(2)36(64-42(52)62)38(58)55-20-9-18-46(55,40(50)60)28-14-12-26(22-30(28)48)33-16-17-34(57(33)44-54-32-10-7-8-11-35(32)66-44)27-13-15-29(31(49)23-27)47(41(51)61)45(5,6)19-21-56(47)39(59)37(25(3)4)65-43(53)63/h12-15,22-25,33-34,36-37H,7-11,16-21,48-49H2,1-6H3,(H2,50,60)(H2,51,61)(H2,52,62)(H2,53,63)/t33-,34-,36+,37+,46+,47+/m1/s1. The van der Waals surface area contributed by atoms with E-state index >= 15 is 0 Å². The maximum atomic E-state index is 14.3. The molecule has 19 heteroatoms. The van der Waals surface area contributed by atoms with E-state index in [9.17, 15) is 28.8 Å². The quantitative estimate of drug-likeness (QED) is 0.127. The predicted octanol–water partition coefficient (Wildman–Crippen LogP) is 4.75. The molecule has 4 heterocycles. The fourth-order valence-electron chi connectivity index (χ4n) is 11.2. The summed E-state index contributed by atoms with van der Waals surface area (Å²) in [6.07, 6.45) is 1.70. The van der Waals surface area contributed by atoms with E-state index in [1.165, 1.54) is 14.7 Å². The van der Waals surface area contributed by atoms with Gasteiger partial charge in [-0.3, -0.25) is 19.2 Å². The van der Waals surface area contributed by atoms with Gasteiger partial charge in [0.25, 0.3) is 11.8 Å². The number of fused-ring (bicyclic) bond motifs is 1. The van der Waals surface area contributed by atoms with Gasteiger partial charge in [-0.15, -0.1) is 11.3 Å². The van der Waals surface area contributed by atoms with Crippen LogP contribution in [0.2, 0.25) is 0 Å². The smallest absolute Gasteiger partial charge is 0.405 e. The van der Waals surface area contributed by atoms with Crippen molar-refractivity contribution in [2.75, 3.05) is 29.5 Å². The first kappa shape index (κ1) is 47.8. The highest BCUT2D eigenvalue weighted by Crippen LogP contribution is 2.56. The van der Waals surface area contributed by atoms with E-state index in [0.717, 1.165) is 47.6 Å². The molecule has 2 aromatic carbocycles. The topological polar surface area (TPSA) is 300 Å². The number of benzene rings is 2. The number of aromatic nitrogens is 1. The van der Waals surface area contributed by atoms with Crippen molar-refractivity contribution in [2.24, 2.45) is 40.2 Å². The van der Waals surface area contributed by atoms with Gasteiger partial charge in [-0.2, -0.15) is 0 Å². The number of hydrogen-bond donors (Lipinski definition) is 6. The Hall–Kier alpha value is -6.11. The molecule has 4 aliphatic rings. The van der Waals surface area contributed by atoms with Crippen LogP contribution in [-0.4, -0.2) is 75.9 Å². The summed E-state index contributed by atoms with van der Waals surface area (Å²) in [6.45, 7) is 11.0. The van der Waals surface area contributed by atoms with E-state index in [2.05, 4.69) is 4.90 Å². The zero-order valence-corrected chi connectivity index (χ0v) is 39.5. The zero-order chi connectivity index (χ0) is 48.2. The Morgan fingerprint density at radius 1 is 0.697 bits per heavy atom. The third-order valence-electron chi connectivity index (χ3n) is 14.4. The SMILES string of the molecule is CC(C)[C@H](OC(N)=O)C(=O)N1CCC(C)(C)[C@@]1(C(N)=O)c1ccc([C@H]2CC[C@H](c3ccc([C@]4(C(N)=O)CCCN4C(=O)[C@@H](OC(N)=O)C(C)C)c(N)c3)N2c2nc3c(s2)CCCC3)cc1N. The molecule has 356 valence electrons. The Balaban J connectivity index is 1.28. The van der Waals surface area contributed by atoms with Crippen LogP contribution in [0.25, 0.3) is 0 Å². The molecule has 6 atom stereocenters. The molecule has 3 aromatic rings. The second-order valence-electron chi connectivity index (χ2n) is 19.5. The molecular formula is C47H64N10O8S. The number of amides is 6. The van der Waals surface area contributed by atoms with E-state index in [-0.39, 0.29) is 43.0 Å². The first-order valence-electron chi connectivity index (χ1n) is 22.8. The third kappa shape index (κ3) is 7.91. The van der Waals surface area contributed by atoms with Gasteiger partial charge in [0, 0.05) is 45.9 Å². The minimum atomic E-state index is -1.70. The van der Waals surface area contributed by atoms with Crippen LogP contribution in [0, 0.1) is 17.3 Å². The molecular weight excluding hydrogens is 865 g/mol. The Labute approximate surface area is 389 Å². The summed E-state index contributed by atoms with van der Waals surface area (Å²) in [7, 11) is 0. The molecule has 0 spiro atoms. The molecule has 3 saturated heterocycles. The average molecular weight is 929 g/mol. The summed E-state index contributed by atoms with van der Waals surface area (Å²) in [6, 6.07) is 10.6. The van der Waals surface area contributed by atoms with Crippen molar-refractivity contribution in [3.63, 3.8) is 0 Å². The lowest BCUT2D eigenvalue weighted by Crippen LogP contribution is -2.62. The maximum Gasteiger partial charge on any atom is 0.405 e. The number of nitrogens with two attached hydrogens (primary N) is 6. The third-order valence-corrected chi connectivity index (χ3v) is 15.6. The van der Waals surface area contributed by atoms with Gasteiger partial charge >= 0.3 is 12.2 Å². The summed E-state index contributed by atoms with van der Waals surface area (Å²) >= 11 is 1.67. The van der Waals surface area contributed by atoms with Gasteiger partial charge in [0.2, 0.25) is 11.8 Å². The van der Waals surface area contributed by atoms with Crippen LogP contribution in [0.1, 0.15) is 131 Å². The van der Waals surface area contributed by atoms with Crippen molar-refractivity contribution in [3.8, 4) is 0 Å². The summed E-state index contributed by atoms with van der Waals surface area (Å²) in [5, 5.41) is 0.839. The Kier molecular flexibility index (Phi) is 13.0. The number of carbonyl (C=O) groups is 6. The molecule has 1 aromatic heterocycles. The molecule has 3 fully saturated rings. The summed E-state index contributed by atoms with van der Waals surface area (Å²) in [4.78, 5) is 91.2. The van der Waals surface area contributed by atoms with Gasteiger partial charge in [-0.05, 0) is 92.9 Å². The van der Waals surface area contributed by atoms with Gasteiger partial charge in [-0.25, -0.2) is 14.6 Å². The first-order chi connectivity index (χ1) is 31.1. The molecule has 66 heavy (non-hydrogen) atoms. The molecule has 18 nitrogen and oxygen atoms in total. The number of likely N-dealkylation sites (tertiary alicyclic amines) is 2. The number of primary amides is 4. The fraction of sp³-hybridized carbons (Fsp3) is 0.553. The van der Waals surface area contributed by atoms with E-state index < -0.39 is 76.4 Å². The summed E-state index contributed by atoms with van der Waals surface area (Å²) in [5.41, 5.74) is 37.1. The highest BCUT2D eigenvalue weighted by atomic mass is 32.1. The van der Waals surface area contributed by atoms with Crippen LogP contribution < -0.4 is 39.3 Å². The zero-order valence-electron chi connectivity index (χ0n) is 38.6. The van der Waals surface area contributed by atoms with Crippen molar-refractivity contribution in [3.05, 3.63) is 69.2 Å². The number of hydrogen-bond acceptors (Lipinski definition) is 13. The van der Waals surface area contributed by atoms with Crippen LogP contribution in [0.3, 0.4) is 0 Å². The normalized spacial score (nSPS) is 24.6. The maximum absolute atomic E-state index is 14.3. The first-order valence-corrected chi connectivity index (χ1v) is 23.6. The molecule has 0 unspecified atom stereocenters. The Bertz CT molecular complexity index is 2420. The van der Waals surface area contributed by atoms with E-state index in [0.29, 0.717) is 36.8 Å². The number of ether oxygens (including phenoxy) is 2. The number of nitrogens with zero attached hydrogens (tertiary/aromatic N) is 4. The largest absolute Gasteiger partial charge is 0.436 e. The Morgan fingerprint density at radius 3 is 1.71 bits per heavy atom. The number of thiazole rings is 1. The number of aryl methyl sites for hydroxylation is 2. The van der Waals surface area contributed by atoms with Crippen molar-refractivity contribution in [1.29, 1.82) is 0 Å². The second kappa shape index (κ2) is 17.9. The molecule has 12 N–H and O–H groups in total. The van der Waals surface area contributed by atoms with Crippen molar-refractivity contribution in [1.82, 2.24) is 14.8 Å². The summed E-state index contributed by atoms with van der Waals surface area (Å²) in [5.74, 6) is -3.59. The van der Waals surface area contributed by atoms with Crippen LogP contribution in [0.15, 0.2) is 36.4 Å². The van der Waals surface area contributed by atoms with Crippen molar-refractivity contribution in [2.45, 2.75) is 135 Å². The number of anilines is 3. The van der Waals surface area contributed by atoms with Crippen molar-refractivity contribution < 1.29 is 38.2 Å². The minimum absolute atomic E-state index is 0.160. The lowest BCUT2D eigenvalue weighted by Gasteiger charge is -2.46. The van der Waals surface area contributed by atoms with E-state index in [1.807, 2.05) is 38.1 Å². The highest BCUT2D eigenvalue weighted by Gasteiger charge is 2.63. The fourth-order valence-corrected chi connectivity index (χ4v) is 12.5. The Morgan fingerprint density at radius 2 is 1.23 bits per heavy atom. The van der Waals surface area contributed by atoms with Crippen LogP contribution in [0.5, 0.6) is 0 Å². The second-order valence-corrected chi connectivity index (χ2v) is 20.6. The minimum Gasteiger partial charge on any atom is -0.436 e. The highest BCUT2D eigenvalue weighted by molar-refractivity contribution is 7.15. The molecule has 1 aliphatic carbocycles. The number of carbonyl (C=O) groups excluding carboxylic acids is 6. The van der Waals surface area contributed by atoms with Gasteiger partial charge in [0.05, 0.1) is 17.8 Å². The van der Waals surface area contributed by atoms with E-state index in [1.54, 1.807) is 51.2 Å². The van der Waals surface area contributed by atoms with Gasteiger partial charge < -0.3 is 58.6 Å². The van der Waals surface area contributed by atoms with Crippen LogP contribution in [0.4, 0.5) is 26.1 Å². The van der Waals surface area contributed by atoms with E-state index in [4.69, 9.17) is 48.9 Å². The lowest BCUT2D eigenvalue weighted by atomic mass is 9.67. The molecule has 0 saturated carbocycles. The van der Waals surface area contributed by atoms with Gasteiger partial charge in [0.1, 0.15) is 5.54 Å². The number of rotatable bonds is 13. The molecule has 3 aliphatic heterocycles. The van der Waals surface area contributed by atoms with Crippen LogP contribution in [-0.2, 0) is 52.6 Å². The molecule has 0 bridgehead atoms. The molecule has 7 rings (SSSR count). The molecule has 6 amide bonds. The van der Waals surface area contributed by atoms with Crippen LogP contribution >= 0.6 is 11.3 Å². The van der Waals surface area contributed by atoms with Gasteiger partial charge in [-0.1, -0.05) is 65.8 Å². The van der Waals surface area contributed by atoms with Crippen molar-refractivity contribution >= 4 is 63.7 Å². The lowest BCUT2D eigenvalue weighted by molar-refractivity contribution is -0.156. The molecule has 0 radical (unpaired) electrons. The van der Waals surface area contributed by atoms with Gasteiger partial charge in [0.15, 0.2) is 22.9 Å². The summed E-state index contributed by atoms with van der Waals surface area (Å²) < 4.78 is 10.5. The average Bonchev–Trinajstić information content (AvgIpc) is 4.04. The monoisotopic (exact) mass is 928 g/mol.